The fourth-order valence-corrected chi connectivity index (χ4v) is 2.81. The summed E-state index contributed by atoms with van der Waals surface area (Å²) in [6.45, 7) is 1.99. The van der Waals surface area contributed by atoms with Crippen molar-refractivity contribution in [3.8, 4) is 0 Å². The molecule has 3 rings (SSSR count). The highest BCUT2D eigenvalue weighted by atomic mass is 35.5. The Morgan fingerprint density at radius 1 is 1.05 bits per heavy atom. The molecule has 0 bridgehead atoms. The van der Waals surface area contributed by atoms with Gasteiger partial charge in [0.1, 0.15) is 11.3 Å². The number of benzene rings is 2. The molecule has 4 heteroatoms. The molecule has 0 amide bonds. The van der Waals surface area contributed by atoms with Crippen LogP contribution in [0.1, 0.15) is 22.9 Å². The lowest BCUT2D eigenvalue weighted by Crippen LogP contribution is -2.17. The zero-order chi connectivity index (χ0) is 15.0. The monoisotopic (exact) mass is 319 g/mol. The number of halogens is 2. The molecule has 1 N–H and O–H groups in total. The van der Waals surface area contributed by atoms with Gasteiger partial charge in [-0.1, -0.05) is 35.3 Å². The first-order valence-corrected chi connectivity index (χ1v) is 7.46. The molecule has 0 aliphatic heterocycles. The molecule has 1 aromatic heterocycles. The van der Waals surface area contributed by atoms with Gasteiger partial charge in [0.25, 0.3) is 0 Å². The first kappa shape index (κ1) is 14.5. The van der Waals surface area contributed by atoms with Gasteiger partial charge in [0, 0.05) is 15.4 Å². The summed E-state index contributed by atoms with van der Waals surface area (Å²) < 4.78 is 5.94. The molecule has 0 aliphatic carbocycles. The molecule has 0 fully saturated rings. The molecular weight excluding hydrogens is 305 g/mol. The van der Waals surface area contributed by atoms with Crippen molar-refractivity contribution >= 4 is 34.2 Å². The Morgan fingerprint density at radius 3 is 2.57 bits per heavy atom. The maximum atomic E-state index is 6.23. The van der Waals surface area contributed by atoms with Gasteiger partial charge < -0.3 is 9.73 Å². The first-order valence-electron chi connectivity index (χ1n) is 6.71. The van der Waals surface area contributed by atoms with Crippen molar-refractivity contribution in [1.82, 2.24) is 5.32 Å². The van der Waals surface area contributed by atoms with Crippen LogP contribution in [-0.2, 0) is 0 Å². The number of furan rings is 1. The fraction of sp³-hybridized carbons (Fsp3) is 0.176. The average molecular weight is 320 g/mol. The van der Waals surface area contributed by atoms with Gasteiger partial charge in [0.05, 0.1) is 6.04 Å². The summed E-state index contributed by atoms with van der Waals surface area (Å²) in [6, 6.07) is 13.6. The highest BCUT2D eigenvalue weighted by Crippen LogP contribution is 2.31. The lowest BCUT2D eigenvalue weighted by Gasteiger charge is -2.15. The van der Waals surface area contributed by atoms with Gasteiger partial charge in [-0.3, -0.25) is 0 Å². The van der Waals surface area contributed by atoms with Crippen molar-refractivity contribution < 1.29 is 4.42 Å². The minimum absolute atomic E-state index is 0.0470. The summed E-state index contributed by atoms with van der Waals surface area (Å²) in [4.78, 5) is 0. The largest absolute Gasteiger partial charge is 0.459 e. The van der Waals surface area contributed by atoms with Gasteiger partial charge in [-0.05, 0) is 55.4 Å². The van der Waals surface area contributed by atoms with Crippen molar-refractivity contribution in [3.63, 3.8) is 0 Å². The van der Waals surface area contributed by atoms with Gasteiger partial charge in [-0.2, -0.15) is 0 Å². The average Bonchev–Trinajstić information content (AvgIpc) is 2.86. The lowest BCUT2D eigenvalue weighted by molar-refractivity contribution is 0.491. The van der Waals surface area contributed by atoms with E-state index in [9.17, 15) is 0 Å². The Morgan fingerprint density at radius 2 is 1.86 bits per heavy atom. The third-order valence-electron chi connectivity index (χ3n) is 3.60. The molecule has 0 aliphatic rings. The highest BCUT2D eigenvalue weighted by Gasteiger charge is 2.17. The molecule has 0 saturated carbocycles. The molecule has 2 aromatic carbocycles. The topological polar surface area (TPSA) is 25.2 Å². The van der Waals surface area contributed by atoms with E-state index in [1.807, 2.05) is 50.4 Å². The summed E-state index contributed by atoms with van der Waals surface area (Å²) in [7, 11) is 1.90. The second-order valence-corrected chi connectivity index (χ2v) is 5.90. The van der Waals surface area contributed by atoms with Crippen LogP contribution in [0.15, 0.2) is 46.9 Å². The van der Waals surface area contributed by atoms with Crippen LogP contribution < -0.4 is 5.32 Å². The Bertz CT molecular complexity index is 795. The van der Waals surface area contributed by atoms with Crippen molar-refractivity contribution in [2.45, 2.75) is 13.0 Å². The summed E-state index contributed by atoms with van der Waals surface area (Å²) in [5.74, 6) is 0.842. The molecule has 21 heavy (non-hydrogen) atoms. The maximum Gasteiger partial charge on any atom is 0.134 e. The second kappa shape index (κ2) is 5.72. The number of hydrogen-bond acceptors (Lipinski definition) is 2. The third kappa shape index (κ3) is 2.80. The van der Waals surface area contributed by atoms with E-state index in [0.717, 1.165) is 32.9 Å². The molecule has 3 aromatic rings. The molecule has 1 heterocycles. The van der Waals surface area contributed by atoms with Crippen LogP contribution in [0.2, 0.25) is 10.0 Å². The zero-order valence-electron chi connectivity index (χ0n) is 11.8. The third-order valence-corrected chi connectivity index (χ3v) is 4.24. The fourth-order valence-electron chi connectivity index (χ4n) is 2.44. The zero-order valence-corrected chi connectivity index (χ0v) is 13.3. The van der Waals surface area contributed by atoms with E-state index in [0.29, 0.717) is 5.02 Å². The summed E-state index contributed by atoms with van der Waals surface area (Å²) >= 11 is 12.2. The normalized spacial score (nSPS) is 12.8. The van der Waals surface area contributed by atoms with Crippen molar-refractivity contribution in [2.75, 3.05) is 7.05 Å². The SMILES string of the molecule is CNC(c1ccc(C)c(Cl)c1)c1cc2cc(Cl)ccc2o1. The Labute approximate surface area is 133 Å². The molecular formula is C17H15Cl2NO. The standard InChI is InChI=1S/C17H15Cl2NO/c1-10-3-4-11(8-14(10)19)17(20-2)16-9-12-7-13(18)5-6-15(12)21-16/h3-9,17,20H,1-2H3. The van der Waals surface area contributed by atoms with E-state index in [4.69, 9.17) is 27.6 Å². The van der Waals surface area contributed by atoms with Crippen LogP contribution in [0.4, 0.5) is 0 Å². The number of fused-ring (bicyclic) bond motifs is 1. The molecule has 0 radical (unpaired) electrons. The lowest BCUT2D eigenvalue weighted by atomic mass is 10.0. The van der Waals surface area contributed by atoms with E-state index in [1.165, 1.54) is 0 Å². The minimum atomic E-state index is -0.0470. The Kier molecular flexibility index (Phi) is 3.94. The molecule has 0 saturated heterocycles. The van der Waals surface area contributed by atoms with E-state index in [2.05, 4.69) is 11.4 Å². The van der Waals surface area contributed by atoms with Gasteiger partial charge in [-0.15, -0.1) is 0 Å². The molecule has 2 nitrogen and oxygen atoms in total. The van der Waals surface area contributed by atoms with E-state index < -0.39 is 0 Å². The van der Waals surface area contributed by atoms with Gasteiger partial charge >= 0.3 is 0 Å². The van der Waals surface area contributed by atoms with Crippen LogP contribution in [-0.4, -0.2) is 7.05 Å². The summed E-state index contributed by atoms with van der Waals surface area (Å²) in [5, 5.41) is 5.73. The smallest absolute Gasteiger partial charge is 0.134 e. The van der Waals surface area contributed by atoms with Gasteiger partial charge in [0.2, 0.25) is 0 Å². The van der Waals surface area contributed by atoms with E-state index in [-0.39, 0.29) is 6.04 Å². The minimum Gasteiger partial charge on any atom is -0.459 e. The number of hydrogen-bond donors (Lipinski definition) is 1. The van der Waals surface area contributed by atoms with Crippen LogP contribution in [0.25, 0.3) is 11.0 Å². The second-order valence-electron chi connectivity index (χ2n) is 5.06. The molecule has 108 valence electrons. The van der Waals surface area contributed by atoms with Crippen molar-refractivity contribution in [2.24, 2.45) is 0 Å². The van der Waals surface area contributed by atoms with Gasteiger partial charge in [-0.25, -0.2) is 0 Å². The van der Waals surface area contributed by atoms with Crippen molar-refractivity contribution in [1.29, 1.82) is 0 Å². The first-order chi connectivity index (χ1) is 10.1. The maximum absolute atomic E-state index is 6.23. The Balaban J connectivity index is 2.06. The predicted octanol–water partition coefficient (Wildman–Crippen LogP) is 5.36. The van der Waals surface area contributed by atoms with Gasteiger partial charge in [0.15, 0.2) is 0 Å². The number of nitrogens with one attached hydrogen (secondary N) is 1. The van der Waals surface area contributed by atoms with E-state index in [1.54, 1.807) is 0 Å². The predicted molar refractivity (Wildman–Crippen MR) is 88.3 cm³/mol. The summed E-state index contributed by atoms with van der Waals surface area (Å²) in [6.07, 6.45) is 0. The molecule has 1 atom stereocenters. The molecule has 1 unspecified atom stereocenters. The molecule has 0 spiro atoms. The van der Waals surface area contributed by atoms with Crippen LogP contribution in [0.5, 0.6) is 0 Å². The quantitative estimate of drug-likeness (QED) is 0.703. The highest BCUT2D eigenvalue weighted by molar-refractivity contribution is 6.31. The van der Waals surface area contributed by atoms with Crippen LogP contribution in [0.3, 0.4) is 0 Å². The number of aryl methyl sites for hydroxylation is 1. The van der Waals surface area contributed by atoms with E-state index >= 15 is 0 Å². The Hall–Kier alpha value is -1.48. The number of rotatable bonds is 3. The van der Waals surface area contributed by atoms with Crippen molar-refractivity contribution in [3.05, 3.63) is 69.4 Å². The van der Waals surface area contributed by atoms with Crippen LogP contribution >= 0.6 is 23.2 Å². The van der Waals surface area contributed by atoms with Crippen LogP contribution in [0, 0.1) is 6.92 Å². The summed E-state index contributed by atoms with van der Waals surface area (Å²) in [5.41, 5.74) is 2.96.